The van der Waals surface area contributed by atoms with Gasteiger partial charge in [-0.25, -0.2) is 0 Å². The first kappa shape index (κ1) is 11.9. The lowest BCUT2D eigenvalue weighted by atomic mass is 9.66. The lowest BCUT2D eigenvalue weighted by Gasteiger charge is -2.43. The highest BCUT2D eigenvalue weighted by atomic mass is 16.2. The summed E-state index contributed by atoms with van der Waals surface area (Å²) >= 11 is 0. The van der Waals surface area contributed by atoms with Crippen LogP contribution in [-0.4, -0.2) is 29.9 Å². The lowest BCUT2D eigenvalue weighted by molar-refractivity contribution is -0.148. The van der Waals surface area contributed by atoms with E-state index in [4.69, 9.17) is 5.73 Å². The average Bonchev–Trinajstić information content (AvgIpc) is 2.58. The van der Waals surface area contributed by atoms with Gasteiger partial charge in [-0.1, -0.05) is 13.3 Å². The molecule has 1 saturated carbocycles. The molecular weight excluding hydrogens is 200 g/mol. The Morgan fingerprint density at radius 2 is 2.19 bits per heavy atom. The van der Waals surface area contributed by atoms with Gasteiger partial charge < -0.3 is 10.6 Å². The minimum absolute atomic E-state index is 0.00223. The summed E-state index contributed by atoms with van der Waals surface area (Å²) in [5, 5.41) is 0. The van der Waals surface area contributed by atoms with E-state index in [9.17, 15) is 4.79 Å². The molecule has 0 aromatic heterocycles. The maximum atomic E-state index is 12.5. The van der Waals surface area contributed by atoms with Crippen LogP contribution in [0.15, 0.2) is 0 Å². The van der Waals surface area contributed by atoms with Crippen LogP contribution in [-0.2, 0) is 4.79 Å². The molecule has 1 amide bonds. The molecule has 2 unspecified atom stereocenters. The monoisotopic (exact) mass is 224 g/mol. The molecule has 3 heteroatoms. The number of hydrogen-bond acceptors (Lipinski definition) is 2. The van der Waals surface area contributed by atoms with Crippen LogP contribution in [0.3, 0.4) is 0 Å². The molecule has 1 saturated heterocycles. The Morgan fingerprint density at radius 3 is 2.56 bits per heavy atom. The predicted octanol–water partition coefficient (Wildman–Crippen LogP) is 1.76. The van der Waals surface area contributed by atoms with Crippen LogP contribution in [0, 0.1) is 11.3 Å². The Bertz CT molecular complexity index is 268. The van der Waals surface area contributed by atoms with Crippen molar-refractivity contribution in [3.8, 4) is 0 Å². The molecule has 2 atom stereocenters. The minimum atomic E-state index is -0.00223. The topological polar surface area (TPSA) is 46.3 Å². The maximum absolute atomic E-state index is 12.5. The number of likely N-dealkylation sites (tertiary alicyclic amines) is 1. The molecule has 2 aliphatic rings. The highest BCUT2D eigenvalue weighted by molar-refractivity contribution is 5.84. The van der Waals surface area contributed by atoms with Crippen molar-refractivity contribution in [2.45, 2.75) is 52.0 Å². The van der Waals surface area contributed by atoms with E-state index in [1.54, 1.807) is 0 Å². The zero-order chi connectivity index (χ0) is 11.8. The zero-order valence-electron chi connectivity index (χ0n) is 10.5. The molecule has 3 nitrogen and oxygen atoms in total. The van der Waals surface area contributed by atoms with E-state index >= 15 is 0 Å². The van der Waals surface area contributed by atoms with Crippen LogP contribution in [0.1, 0.15) is 46.0 Å². The van der Waals surface area contributed by atoms with Crippen LogP contribution in [0.25, 0.3) is 0 Å². The number of nitrogens with two attached hydrogens (primary N) is 1. The van der Waals surface area contributed by atoms with Crippen LogP contribution >= 0.6 is 0 Å². The van der Waals surface area contributed by atoms with Crippen molar-refractivity contribution >= 4 is 5.91 Å². The normalized spacial score (nSPS) is 32.6. The third kappa shape index (κ3) is 1.75. The summed E-state index contributed by atoms with van der Waals surface area (Å²) in [5.74, 6) is 0.928. The lowest BCUT2D eigenvalue weighted by Crippen LogP contribution is -2.49. The SMILES string of the molecule is CCC1(C(=O)N2CC(CN)CC2C)CCC1. The second kappa shape index (κ2) is 4.36. The van der Waals surface area contributed by atoms with Crippen LogP contribution < -0.4 is 5.73 Å². The number of amides is 1. The first-order valence-corrected chi connectivity index (χ1v) is 6.64. The fraction of sp³-hybridized carbons (Fsp3) is 0.923. The largest absolute Gasteiger partial charge is 0.339 e. The third-order valence-corrected chi connectivity index (χ3v) is 4.70. The Labute approximate surface area is 98.4 Å². The highest BCUT2D eigenvalue weighted by Gasteiger charge is 2.47. The van der Waals surface area contributed by atoms with Crippen molar-refractivity contribution < 1.29 is 4.79 Å². The maximum Gasteiger partial charge on any atom is 0.229 e. The third-order valence-electron chi connectivity index (χ3n) is 4.70. The molecule has 2 N–H and O–H groups in total. The van der Waals surface area contributed by atoms with Gasteiger partial charge in [0, 0.05) is 18.0 Å². The quantitative estimate of drug-likeness (QED) is 0.794. The van der Waals surface area contributed by atoms with Gasteiger partial charge in [0.25, 0.3) is 0 Å². The van der Waals surface area contributed by atoms with Gasteiger partial charge in [0.2, 0.25) is 5.91 Å². The van der Waals surface area contributed by atoms with E-state index in [1.807, 2.05) is 0 Å². The van der Waals surface area contributed by atoms with Crippen molar-refractivity contribution in [1.82, 2.24) is 4.90 Å². The molecule has 92 valence electrons. The van der Waals surface area contributed by atoms with E-state index in [-0.39, 0.29) is 5.41 Å². The van der Waals surface area contributed by atoms with Gasteiger partial charge in [0.1, 0.15) is 0 Å². The number of carbonyl (C=O) groups excluding carboxylic acids is 1. The molecule has 0 bridgehead atoms. The second-order valence-electron chi connectivity index (χ2n) is 5.63. The number of hydrogen-bond donors (Lipinski definition) is 1. The summed E-state index contributed by atoms with van der Waals surface area (Å²) in [6.45, 7) is 5.92. The minimum Gasteiger partial charge on any atom is -0.339 e. The van der Waals surface area contributed by atoms with Gasteiger partial charge >= 0.3 is 0 Å². The van der Waals surface area contributed by atoms with E-state index in [0.29, 0.717) is 24.4 Å². The molecule has 0 radical (unpaired) electrons. The van der Waals surface area contributed by atoms with Crippen molar-refractivity contribution in [2.24, 2.45) is 17.1 Å². The predicted molar refractivity (Wildman–Crippen MR) is 64.9 cm³/mol. The molecule has 0 aromatic rings. The van der Waals surface area contributed by atoms with Crippen LogP contribution in [0.4, 0.5) is 0 Å². The molecular formula is C13H24N2O. The molecule has 1 aliphatic heterocycles. The van der Waals surface area contributed by atoms with Crippen molar-refractivity contribution in [3.63, 3.8) is 0 Å². The number of nitrogens with zero attached hydrogens (tertiary/aromatic N) is 1. The van der Waals surface area contributed by atoms with Crippen molar-refractivity contribution in [3.05, 3.63) is 0 Å². The Balaban J connectivity index is 2.04. The fourth-order valence-electron chi connectivity index (χ4n) is 3.22. The molecule has 0 aromatic carbocycles. The fourth-order valence-corrected chi connectivity index (χ4v) is 3.22. The summed E-state index contributed by atoms with van der Waals surface area (Å²) in [6, 6.07) is 0.394. The van der Waals surface area contributed by atoms with E-state index < -0.39 is 0 Å². The Morgan fingerprint density at radius 1 is 1.50 bits per heavy atom. The molecule has 2 rings (SSSR count). The zero-order valence-corrected chi connectivity index (χ0v) is 10.5. The first-order chi connectivity index (χ1) is 7.63. The van der Waals surface area contributed by atoms with E-state index in [0.717, 1.165) is 32.2 Å². The van der Waals surface area contributed by atoms with Gasteiger partial charge in [0.15, 0.2) is 0 Å². The summed E-state index contributed by atoms with van der Waals surface area (Å²) in [4.78, 5) is 14.6. The smallest absolute Gasteiger partial charge is 0.229 e. The van der Waals surface area contributed by atoms with Gasteiger partial charge in [-0.3, -0.25) is 4.79 Å². The standard InChI is InChI=1S/C13H24N2O/c1-3-13(5-4-6-13)12(16)15-9-11(8-14)7-10(15)2/h10-11H,3-9,14H2,1-2H3. The van der Waals surface area contributed by atoms with Gasteiger partial charge in [-0.2, -0.15) is 0 Å². The van der Waals surface area contributed by atoms with Gasteiger partial charge in [-0.05, 0) is 45.1 Å². The molecule has 16 heavy (non-hydrogen) atoms. The number of carbonyl (C=O) groups is 1. The summed E-state index contributed by atoms with van der Waals surface area (Å²) < 4.78 is 0. The first-order valence-electron chi connectivity index (χ1n) is 6.64. The highest BCUT2D eigenvalue weighted by Crippen LogP contribution is 2.46. The summed E-state index contributed by atoms with van der Waals surface area (Å²) in [7, 11) is 0. The Hall–Kier alpha value is -0.570. The average molecular weight is 224 g/mol. The van der Waals surface area contributed by atoms with Crippen molar-refractivity contribution in [1.29, 1.82) is 0 Å². The number of rotatable bonds is 3. The summed E-state index contributed by atoms with van der Waals surface area (Å²) in [6.07, 6.45) is 5.50. The molecule has 2 fully saturated rings. The second-order valence-corrected chi connectivity index (χ2v) is 5.63. The molecule has 0 spiro atoms. The van der Waals surface area contributed by atoms with E-state index in [1.165, 1.54) is 6.42 Å². The summed E-state index contributed by atoms with van der Waals surface area (Å²) in [5.41, 5.74) is 5.71. The van der Waals surface area contributed by atoms with E-state index in [2.05, 4.69) is 18.7 Å². The Kier molecular flexibility index (Phi) is 3.24. The van der Waals surface area contributed by atoms with Gasteiger partial charge in [0.05, 0.1) is 0 Å². The molecule has 1 aliphatic carbocycles. The van der Waals surface area contributed by atoms with Crippen molar-refractivity contribution in [2.75, 3.05) is 13.1 Å². The van der Waals surface area contributed by atoms with Gasteiger partial charge in [-0.15, -0.1) is 0 Å². The van der Waals surface area contributed by atoms with Crippen LogP contribution in [0.2, 0.25) is 0 Å². The van der Waals surface area contributed by atoms with Crippen LogP contribution in [0.5, 0.6) is 0 Å². The molecule has 1 heterocycles.